The molecule has 0 fully saturated rings. The minimum Gasteiger partial charge on any atom is -0.310 e. The molecule has 0 bridgehead atoms. The van der Waals surface area contributed by atoms with E-state index in [1.807, 2.05) is 6.07 Å². The maximum atomic E-state index is 3.82. The molecule has 0 saturated carbocycles. The van der Waals surface area contributed by atoms with E-state index in [4.69, 9.17) is 0 Å². The lowest BCUT2D eigenvalue weighted by atomic mass is 9.73. The standard InChI is InChI=1S/C49H33N/c1-4-14-36(15-5-1)32-33-49(41-18-6-2-7-19-41)47-23-13-12-22-45(47)46-35-44(30-31-48(46)49)50(42-20-8-3-9-21-42)43-28-26-38(27-29-43)40-25-24-37-16-10-11-17-39(37)34-40/h1-31,34-35H. The number of fused-ring (bicyclic) bond motifs is 4. The van der Waals surface area contributed by atoms with E-state index in [1.54, 1.807) is 0 Å². The first-order valence-corrected chi connectivity index (χ1v) is 17.1. The van der Waals surface area contributed by atoms with Crippen LogP contribution in [0.5, 0.6) is 0 Å². The fourth-order valence-corrected chi connectivity index (χ4v) is 7.50. The molecule has 0 radical (unpaired) electrons. The van der Waals surface area contributed by atoms with Crippen LogP contribution >= 0.6 is 0 Å². The third-order valence-corrected chi connectivity index (χ3v) is 9.88. The van der Waals surface area contributed by atoms with Gasteiger partial charge in [-0.1, -0.05) is 157 Å². The summed E-state index contributed by atoms with van der Waals surface area (Å²) in [6.45, 7) is 0. The molecule has 0 heterocycles. The summed E-state index contributed by atoms with van der Waals surface area (Å²) in [6.07, 6.45) is 0. The van der Waals surface area contributed by atoms with Gasteiger partial charge in [-0.05, 0) is 104 Å². The van der Waals surface area contributed by atoms with Crippen molar-refractivity contribution in [1.82, 2.24) is 0 Å². The van der Waals surface area contributed by atoms with Crippen LogP contribution in [0, 0.1) is 11.8 Å². The quantitative estimate of drug-likeness (QED) is 0.170. The second-order valence-electron chi connectivity index (χ2n) is 12.8. The van der Waals surface area contributed by atoms with Gasteiger partial charge < -0.3 is 4.90 Å². The average Bonchev–Trinajstić information content (AvgIpc) is 3.48. The molecule has 1 aliphatic carbocycles. The van der Waals surface area contributed by atoms with Gasteiger partial charge in [-0.25, -0.2) is 0 Å². The first kappa shape index (κ1) is 29.5. The highest BCUT2D eigenvalue weighted by Crippen LogP contribution is 2.54. The third-order valence-electron chi connectivity index (χ3n) is 9.88. The zero-order valence-electron chi connectivity index (χ0n) is 27.5. The van der Waals surface area contributed by atoms with Crippen molar-refractivity contribution < 1.29 is 0 Å². The first-order chi connectivity index (χ1) is 24.8. The van der Waals surface area contributed by atoms with Crippen LogP contribution in [-0.2, 0) is 5.41 Å². The van der Waals surface area contributed by atoms with Gasteiger partial charge in [0.2, 0.25) is 0 Å². The molecule has 1 aliphatic rings. The largest absolute Gasteiger partial charge is 0.310 e. The van der Waals surface area contributed by atoms with Gasteiger partial charge in [-0.3, -0.25) is 0 Å². The molecule has 0 aliphatic heterocycles. The predicted molar refractivity (Wildman–Crippen MR) is 209 cm³/mol. The normalized spacial score (nSPS) is 14.3. The van der Waals surface area contributed by atoms with Gasteiger partial charge in [0.05, 0.1) is 0 Å². The molecular weight excluding hydrogens is 603 g/mol. The van der Waals surface area contributed by atoms with Gasteiger partial charge in [0, 0.05) is 22.6 Å². The molecule has 0 N–H and O–H groups in total. The molecule has 1 nitrogen and oxygen atoms in total. The topological polar surface area (TPSA) is 3.24 Å². The van der Waals surface area contributed by atoms with E-state index in [-0.39, 0.29) is 0 Å². The molecule has 9 rings (SSSR count). The molecule has 0 aromatic heterocycles. The third kappa shape index (κ3) is 5.07. The highest BCUT2D eigenvalue weighted by atomic mass is 15.1. The van der Waals surface area contributed by atoms with E-state index >= 15 is 0 Å². The van der Waals surface area contributed by atoms with Crippen LogP contribution < -0.4 is 4.90 Å². The highest BCUT2D eigenvalue weighted by Gasteiger charge is 2.43. The SMILES string of the molecule is C(#CC1(c2ccccc2)c2ccccc2-c2cc(N(c3ccccc3)c3ccc(-c4ccc5ccccc5c4)cc3)ccc21)c1ccccc1. The van der Waals surface area contributed by atoms with Gasteiger partial charge in [0.25, 0.3) is 0 Å². The average molecular weight is 636 g/mol. The van der Waals surface area contributed by atoms with Gasteiger partial charge in [-0.15, -0.1) is 0 Å². The van der Waals surface area contributed by atoms with Crippen LogP contribution in [0.2, 0.25) is 0 Å². The highest BCUT2D eigenvalue weighted by molar-refractivity contribution is 5.91. The Bertz CT molecular complexity index is 2520. The van der Waals surface area contributed by atoms with Crippen LogP contribution in [0.1, 0.15) is 22.3 Å². The lowest BCUT2D eigenvalue weighted by Crippen LogP contribution is -2.25. The Kier molecular flexibility index (Phi) is 7.34. The molecule has 8 aromatic rings. The molecule has 0 amide bonds. The Hall–Kier alpha value is -6.62. The van der Waals surface area contributed by atoms with E-state index < -0.39 is 5.41 Å². The van der Waals surface area contributed by atoms with Gasteiger partial charge >= 0.3 is 0 Å². The molecule has 50 heavy (non-hydrogen) atoms. The Morgan fingerprint density at radius 2 is 0.960 bits per heavy atom. The number of rotatable bonds is 5. The van der Waals surface area contributed by atoms with Crippen molar-refractivity contribution in [1.29, 1.82) is 0 Å². The Balaban J connectivity index is 1.19. The minimum atomic E-state index is -0.610. The van der Waals surface area contributed by atoms with Gasteiger partial charge in [0.15, 0.2) is 0 Å². The maximum Gasteiger partial charge on any atom is 0.108 e. The van der Waals surface area contributed by atoms with E-state index in [0.717, 1.165) is 22.6 Å². The summed E-state index contributed by atoms with van der Waals surface area (Å²) in [5.74, 6) is 7.39. The molecule has 1 heteroatoms. The summed E-state index contributed by atoms with van der Waals surface area (Å²) < 4.78 is 0. The maximum absolute atomic E-state index is 3.82. The van der Waals surface area contributed by atoms with E-state index in [9.17, 15) is 0 Å². The molecule has 0 spiro atoms. The summed E-state index contributed by atoms with van der Waals surface area (Å²) in [4.78, 5) is 2.35. The second kappa shape index (κ2) is 12.4. The Morgan fingerprint density at radius 3 is 1.74 bits per heavy atom. The summed E-state index contributed by atoms with van der Waals surface area (Å²) in [5, 5.41) is 2.50. The Morgan fingerprint density at radius 1 is 0.380 bits per heavy atom. The zero-order chi connectivity index (χ0) is 33.3. The van der Waals surface area contributed by atoms with Crippen molar-refractivity contribution in [3.63, 3.8) is 0 Å². The van der Waals surface area contributed by atoms with Crippen molar-refractivity contribution >= 4 is 27.8 Å². The van der Waals surface area contributed by atoms with Crippen molar-refractivity contribution in [2.75, 3.05) is 4.90 Å². The van der Waals surface area contributed by atoms with Gasteiger partial charge in [0.1, 0.15) is 5.41 Å². The van der Waals surface area contributed by atoms with Crippen molar-refractivity contribution in [2.45, 2.75) is 5.41 Å². The van der Waals surface area contributed by atoms with E-state index in [1.165, 1.54) is 49.7 Å². The van der Waals surface area contributed by atoms with E-state index in [2.05, 4.69) is 211 Å². The van der Waals surface area contributed by atoms with Crippen LogP contribution in [0.4, 0.5) is 17.1 Å². The monoisotopic (exact) mass is 635 g/mol. The lowest BCUT2D eigenvalue weighted by molar-refractivity contribution is 0.837. The molecule has 1 atom stereocenters. The number of benzene rings is 8. The lowest BCUT2D eigenvalue weighted by Gasteiger charge is -2.29. The fourth-order valence-electron chi connectivity index (χ4n) is 7.50. The van der Waals surface area contributed by atoms with Crippen molar-refractivity contribution in [2.24, 2.45) is 0 Å². The van der Waals surface area contributed by atoms with Crippen LogP contribution in [0.3, 0.4) is 0 Å². The fraction of sp³-hybridized carbons (Fsp3) is 0.0204. The molecule has 0 saturated heterocycles. The summed E-state index contributed by atoms with van der Waals surface area (Å²) in [5.41, 5.74) is 12.1. The number of hydrogen-bond donors (Lipinski definition) is 0. The first-order valence-electron chi connectivity index (χ1n) is 17.1. The number of hydrogen-bond acceptors (Lipinski definition) is 1. The minimum absolute atomic E-state index is 0.610. The second-order valence-corrected chi connectivity index (χ2v) is 12.8. The molecule has 1 unspecified atom stereocenters. The van der Waals surface area contributed by atoms with Crippen LogP contribution in [0.15, 0.2) is 200 Å². The molecular formula is C49H33N. The smallest absolute Gasteiger partial charge is 0.108 e. The predicted octanol–water partition coefficient (Wildman–Crippen LogP) is 12.3. The van der Waals surface area contributed by atoms with E-state index in [0.29, 0.717) is 0 Å². The summed E-state index contributed by atoms with van der Waals surface area (Å²) >= 11 is 0. The van der Waals surface area contributed by atoms with Gasteiger partial charge in [-0.2, -0.15) is 0 Å². The molecule has 234 valence electrons. The van der Waals surface area contributed by atoms with Crippen molar-refractivity contribution in [3.05, 3.63) is 222 Å². The summed E-state index contributed by atoms with van der Waals surface area (Å²) in [6, 6.07) is 71.5. The molecule has 8 aromatic carbocycles. The summed E-state index contributed by atoms with van der Waals surface area (Å²) in [7, 11) is 0. The number of nitrogens with zero attached hydrogens (tertiary/aromatic N) is 1. The number of anilines is 3. The van der Waals surface area contributed by atoms with Crippen LogP contribution in [-0.4, -0.2) is 0 Å². The number of para-hydroxylation sites is 1. The van der Waals surface area contributed by atoms with Crippen molar-refractivity contribution in [3.8, 4) is 34.1 Å². The van der Waals surface area contributed by atoms with Crippen LogP contribution in [0.25, 0.3) is 33.0 Å². The zero-order valence-corrected chi connectivity index (χ0v) is 27.5. The Labute approximate surface area is 293 Å².